The van der Waals surface area contributed by atoms with Crippen LogP contribution in [0.3, 0.4) is 0 Å². The summed E-state index contributed by atoms with van der Waals surface area (Å²) in [6.07, 6.45) is -4.83. The second-order valence-electron chi connectivity index (χ2n) is 8.94. The topological polar surface area (TPSA) is 82.2 Å². The van der Waals surface area contributed by atoms with Gasteiger partial charge in [0.1, 0.15) is 5.75 Å². The van der Waals surface area contributed by atoms with Gasteiger partial charge >= 0.3 is 12.2 Å². The molecular formula is C24H23F3N4O4. The maximum absolute atomic E-state index is 13.6. The van der Waals surface area contributed by atoms with Crippen molar-refractivity contribution < 1.29 is 32.3 Å². The average molecular weight is 488 g/mol. The SMILES string of the molecule is COc1ccccc1N1CCN2c3ccc(C(F)(F)F)cc3C[C@@]3(C(=O)NC(=O)N(C)C3=O)[C@@H]2C1. The molecule has 3 heterocycles. The lowest BCUT2D eigenvalue weighted by atomic mass is 9.67. The lowest BCUT2D eigenvalue weighted by molar-refractivity contribution is -0.152. The van der Waals surface area contributed by atoms with Crippen molar-refractivity contribution in [2.75, 3.05) is 43.6 Å². The number of alkyl halides is 3. The van der Waals surface area contributed by atoms with E-state index >= 15 is 0 Å². The first-order valence-corrected chi connectivity index (χ1v) is 11.1. The summed E-state index contributed by atoms with van der Waals surface area (Å²) in [6, 6.07) is 9.17. The maximum atomic E-state index is 13.6. The highest BCUT2D eigenvalue weighted by Crippen LogP contribution is 2.47. The third kappa shape index (κ3) is 3.40. The van der Waals surface area contributed by atoms with Crippen molar-refractivity contribution in [1.82, 2.24) is 10.2 Å². The second kappa shape index (κ2) is 7.89. The van der Waals surface area contributed by atoms with E-state index < -0.39 is 41.0 Å². The number of piperazine rings is 1. The first kappa shape index (κ1) is 23.0. The van der Waals surface area contributed by atoms with Crippen LogP contribution in [-0.4, -0.2) is 62.6 Å². The summed E-state index contributed by atoms with van der Waals surface area (Å²) in [5.74, 6) is -0.913. The zero-order valence-electron chi connectivity index (χ0n) is 19.1. The molecule has 184 valence electrons. The number of imide groups is 2. The van der Waals surface area contributed by atoms with Crippen LogP contribution in [0.1, 0.15) is 11.1 Å². The largest absolute Gasteiger partial charge is 0.495 e. The van der Waals surface area contributed by atoms with Gasteiger partial charge in [-0.25, -0.2) is 4.79 Å². The highest BCUT2D eigenvalue weighted by molar-refractivity contribution is 6.20. The molecule has 35 heavy (non-hydrogen) atoms. The number of anilines is 2. The molecule has 0 aliphatic carbocycles. The van der Waals surface area contributed by atoms with E-state index in [0.717, 1.165) is 22.7 Å². The molecule has 0 aromatic heterocycles. The Morgan fingerprint density at radius 3 is 2.51 bits per heavy atom. The molecule has 8 nitrogen and oxygen atoms in total. The van der Waals surface area contributed by atoms with Gasteiger partial charge in [0.2, 0.25) is 11.8 Å². The van der Waals surface area contributed by atoms with Crippen molar-refractivity contribution in [3.63, 3.8) is 0 Å². The summed E-state index contributed by atoms with van der Waals surface area (Å²) in [4.78, 5) is 43.8. The van der Waals surface area contributed by atoms with E-state index in [1.165, 1.54) is 13.1 Å². The molecule has 2 aromatic carbocycles. The zero-order chi connectivity index (χ0) is 25.1. The summed E-state index contributed by atoms with van der Waals surface area (Å²) in [7, 11) is 2.81. The molecule has 0 unspecified atom stereocenters. The molecule has 2 fully saturated rings. The Morgan fingerprint density at radius 1 is 1.06 bits per heavy atom. The second-order valence-corrected chi connectivity index (χ2v) is 8.94. The van der Waals surface area contributed by atoms with Gasteiger partial charge in [-0.15, -0.1) is 0 Å². The van der Waals surface area contributed by atoms with E-state index in [1.807, 2.05) is 28.0 Å². The van der Waals surface area contributed by atoms with E-state index in [2.05, 4.69) is 5.32 Å². The quantitative estimate of drug-likeness (QED) is 0.655. The van der Waals surface area contributed by atoms with Gasteiger partial charge in [0.25, 0.3) is 0 Å². The molecule has 0 radical (unpaired) electrons. The fourth-order valence-corrected chi connectivity index (χ4v) is 5.44. The fourth-order valence-electron chi connectivity index (χ4n) is 5.44. The normalized spacial score (nSPS) is 24.3. The smallest absolute Gasteiger partial charge is 0.416 e. The highest BCUT2D eigenvalue weighted by Gasteiger charge is 2.62. The van der Waals surface area contributed by atoms with Gasteiger partial charge in [-0.05, 0) is 42.3 Å². The minimum Gasteiger partial charge on any atom is -0.495 e. The maximum Gasteiger partial charge on any atom is 0.416 e. The number of para-hydroxylation sites is 2. The lowest BCUT2D eigenvalue weighted by Gasteiger charge is -2.55. The number of ether oxygens (including phenoxy) is 1. The summed E-state index contributed by atoms with van der Waals surface area (Å²) < 4.78 is 45.9. The zero-order valence-corrected chi connectivity index (χ0v) is 19.1. The van der Waals surface area contributed by atoms with Crippen molar-refractivity contribution in [3.8, 4) is 5.75 Å². The Kier molecular flexibility index (Phi) is 5.19. The number of carbonyl (C=O) groups excluding carboxylic acids is 3. The minimum absolute atomic E-state index is 0.224. The van der Waals surface area contributed by atoms with Crippen molar-refractivity contribution >= 4 is 29.2 Å². The number of hydrogen-bond donors (Lipinski definition) is 1. The number of urea groups is 1. The first-order chi connectivity index (χ1) is 16.6. The number of carbonyl (C=O) groups is 3. The summed E-state index contributed by atoms with van der Waals surface area (Å²) in [5, 5.41) is 2.24. The van der Waals surface area contributed by atoms with Crippen LogP contribution in [0, 0.1) is 5.41 Å². The summed E-state index contributed by atoms with van der Waals surface area (Å²) in [5.41, 5.74) is -1.07. The van der Waals surface area contributed by atoms with Crippen molar-refractivity contribution in [2.24, 2.45) is 5.41 Å². The Morgan fingerprint density at radius 2 is 1.80 bits per heavy atom. The van der Waals surface area contributed by atoms with Crippen molar-refractivity contribution in [2.45, 2.75) is 18.6 Å². The number of benzene rings is 2. The monoisotopic (exact) mass is 488 g/mol. The van der Waals surface area contributed by atoms with E-state index in [9.17, 15) is 27.6 Å². The standard InChI is InChI=1S/C24H23F3N4O4/c1-29-21(33)23(20(32)28-22(29)34)12-14-11-15(24(25,26)27)7-8-16(14)31-10-9-30(13-19(23)31)17-5-3-4-6-18(17)35-2/h3-8,11,19H,9-10,12-13H2,1-2H3,(H,28,32,34)/t19-,23-/m0/s1. The summed E-state index contributed by atoms with van der Waals surface area (Å²) >= 11 is 0. The Labute approximate surface area is 199 Å². The van der Waals surface area contributed by atoms with E-state index in [1.54, 1.807) is 13.2 Å². The minimum atomic E-state index is -4.58. The van der Waals surface area contributed by atoms with Crippen LogP contribution in [0.2, 0.25) is 0 Å². The van der Waals surface area contributed by atoms with Crippen LogP contribution in [0.15, 0.2) is 42.5 Å². The van der Waals surface area contributed by atoms with Gasteiger partial charge in [-0.1, -0.05) is 12.1 Å². The van der Waals surface area contributed by atoms with Gasteiger partial charge in [-0.3, -0.25) is 19.8 Å². The number of nitrogens with zero attached hydrogens (tertiary/aromatic N) is 3. The van der Waals surface area contributed by atoms with Crippen LogP contribution >= 0.6 is 0 Å². The molecule has 2 saturated heterocycles. The fraction of sp³-hybridized carbons (Fsp3) is 0.375. The Bertz CT molecular complexity index is 1230. The van der Waals surface area contributed by atoms with E-state index in [4.69, 9.17) is 4.74 Å². The molecule has 11 heteroatoms. The molecule has 2 aromatic rings. The number of nitrogens with one attached hydrogen (secondary N) is 1. The van der Waals surface area contributed by atoms with Gasteiger partial charge in [0.15, 0.2) is 5.41 Å². The number of methoxy groups -OCH3 is 1. The summed E-state index contributed by atoms with van der Waals surface area (Å²) in [6.45, 7) is 1.06. The van der Waals surface area contributed by atoms with Gasteiger partial charge in [0.05, 0.1) is 24.4 Å². The molecule has 2 atom stereocenters. The third-order valence-electron chi connectivity index (χ3n) is 7.18. The van der Waals surface area contributed by atoms with E-state index in [0.29, 0.717) is 24.5 Å². The average Bonchev–Trinajstić information content (AvgIpc) is 2.85. The number of halogens is 3. The van der Waals surface area contributed by atoms with Gasteiger partial charge in [-0.2, -0.15) is 13.2 Å². The lowest BCUT2D eigenvalue weighted by Crippen LogP contribution is -2.74. The molecule has 4 amide bonds. The molecule has 1 N–H and O–H groups in total. The first-order valence-electron chi connectivity index (χ1n) is 11.1. The Hall–Kier alpha value is -3.76. The molecule has 0 bridgehead atoms. The molecule has 5 rings (SSSR count). The molecule has 0 saturated carbocycles. The van der Waals surface area contributed by atoms with Gasteiger partial charge < -0.3 is 14.5 Å². The van der Waals surface area contributed by atoms with Crippen molar-refractivity contribution in [3.05, 3.63) is 53.6 Å². The van der Waals surface area contributed by atoms with Crippen LogP contribution in [0.5, 0.6) is 5.75 Å². The molecular weight excluding hydrogens is 465 g/mol. The van der Waals surface area contributed by atoms with Crippen LogP contribution < -0.4 is 19.9 Å². The molecule has 3 aliphatic heterocycles. The highest BCUT2D eigenvalue weighted by atomic mass is 19.4. The number of fused-ring (bicyclic) bond motifs is 4. The van der Waals surface area contributed by atoms with Gasteiger partial charge in [0, 0.05) is 32.4 Å². The Balaban J connectivity index is 1.64. The van der Waals surface area contributed by atoms with E-state index in [-0.39, 0.29) is 18.5 Å². The van der Waals surface area contributed by atoms with Crippen LogP contribution in [0.4, 0.5) is 29.3 Å². The number of hydrogen-bond acceptors (Lipinski definition) is 6. The predicted octanol–water partition coefficient (Wildman–Crippen LogP) is 2.66. The molecule has 3 aliphatic rings. The molecule has 1 spiro atoms. The number of barbiturate groups is 1. The van der Waals surface area contributed by atoms with Crippen LogP contribution in [0.25, 0.3) is 0 Å². The van der Waals surface area contributed by atoms with Crippen molar-refractivity contribution in [1.29, 1.82) is 0 Å². The predicted molar refractivity (Wildman–Crippen MR) is 120 cm³/mol. The number of amides is 4. The van der Waals surface area contributed by atoms with Crippen LogP contribution in [-0.2, 0) is 22.2 Å². The number of rotatable bonds is 2. The third-order valence-corrected chi connectivity index (χ3v) is 7.18.